The van der Waals surface area contributed by atoms with Crippen molar-refractivity contribution in [1.82, 2.24) is 15.2 Å². The Bertz CT molecular complexity index is 1520. The fourth-order valence-corrected chi connectivity index (χ4v) is 7.10. The Kier molecular flexibility index (Phi) is 12.2. The van der Waals surface area contributed by atoms with Gasteiger partial charge in [0.15, 0.2) is 5.72 Å². The molecule has 2 aliphatic rings. The molecule has 2 fully saturated rings. The van der Waals surface area contributed by atoms with Crippen molar-refractivity contribution in [2.45, 2.75) is 50.7 Å². The molecular weight excluding hydrogens is 645 g/mol. The minimum atomic E-state index is -1.40. The quantitative estimate of drug-likeness (QED) is 0.113. The van der Waals surface area contributed by atoms with Gasteiger partial charge in [-0.2, -0.15) is 0 Å². The number of carbonyl (C=O) groups excluding carboxylic acids is 1. The Morgan fingerprint density at radius 3 is 2.19 bits per heavy atom. The highest BCUT2D eigenvalue weighted by atomic mass is 35.5. The second kappa shape index (κ2) is 15.9. The molecule has 0 aliphatic heterocycles. The van der Waals surface area contributed by atoms with Gasteiger partial charge in [-0.25, -0.2) is 9.78 Å². The Labute approximate surface area is 287 Å². The van der Waals surface area contributed by atoms with Gasteiger partial charge in [0.05, 0.1) is 37.1 Å². The van der Waals surface area contributed by atoms with Crippen LogP contribution in [0.3, 0.4) is 0 Å². The average molecular weight is 689 g/mol. The first-order chi connectivity index (χ1) is 22.2. The lowest BCUT2D eigenvalue weighted by molar-refractivity contribution is -0.148. The van der Waals surface area contributed by atoms with E-state index in [0.717, 1.165) is 51.5 Å². The van der Waals surface area contributed by atoms with Crippen molar-refractivity contribution in [1.29, 1.82) is 0 Å². The number of carbonyl (C=O) groups is 2. The summed E-state index contributed by atoms with van der Waals surface area (Å²) in [6.07, 6.45) is 4.52. The molecule has 47 heavy (non-hydrogen) atoms. The normalized spacial score (nSPS) is 20.1. The van der Waals surface area contributed by atoms with Crippen molar-refractivity contribution in [3.8, 4) is 39.6 Å². The number of ether oxygens (including phenoxy) is 4. The number of hydrogen-bond acceptors (Lipinski definition) is 8. The minimum Gasteiger partial charge on any atom is -0.496 e. The standard InChI is InChI=1S/C35H42ClN3O7.ClH/c1-39(2)19-8-20-45-30-21-22(15-17-26(30)36)32-25(31-28(43-3)13-7-14-29(31)44-4)16-18-27(37-32)33(40)38-35(46-34(41)42)23-9-5-10-24(35)12-6-11-23;/h7,13-18,21,23-24H,5-6,8-12,19-20H2,1-4H3,(H,38,40)(H,41,42);1H. The number of nitrogens with one attached hydrogen (secondary N) is 1. The first kappa shape index (κ1) is 36.1. The van der Waals surface area contributed by atoms with Crippen molar-refractivity contribution in [2.75, 3.05) is 41.5 Å². The largest absolute Gasteiger partial charge is 0.507 e. The molecule has 0 saturated heterocycles. The predicted octanol–water partition coefficient (Wildman–Crippen LogP) is 7.56. The Morgan fingerprint density at radius 1 is 0.979 bits per heavy atom. The zero-order valence-electron chi connectivity index (χ0n) is 27.2. The van der Waals surface area contributed by atoms with Crippen molar-refractivity contribution in [3.63, 3.8) is 0 Å². The van der Waals surface area contributed by atoms with Crippen LogP contribution in [0.2, 0.25) is 5.02 Å². The number of benzene rings is 2. The lowest BCUT2D eigenvalue weighted by atomic mass is 9.65. The highest BCUT2D eigenvalue weighted by Crippen LogP contribution is 2.49. The SMILES string of the molecule is COc1cccc(OC)c1-c1ccc(C(=O)NC2(OC(=O)O)C3CCCC2CCC3)nc1-c1ccc(Cl)c(OCCCN(C)C)c1.Cl. The molecule has 5 rings (SSSR count). The summed E-state index contributed by atoms with van der Waals surface area (Å²) >= 11 is 6.55. The zero-order chi connectivity index (χ0) is 32.8. The second-order valence-corrected chi connectivity index (χ2v) is 12.6. The summed E-state index contributed by atoms with van der Waals surface area (Å²) in [4.78, 5) is 32.9. The monoisotopic (exact) mass is 687 g/mol. The van der Waals surface area contributed by atoms with Crippen LogP contribution in [0.25, 0.3) is 22.4 Å². The number of nitrogens with zero attached hydrogens (tertiary/aromatic N) is 2. The summed E-state index contributed by atoms with van der Waals surface area (Å²) in [5, 5.41) is 13.2. The summed E-state index contributed by atoms with van der Waals surface area (Å²) in [5.74, 6) is 0.931. The van der Waals surface area contributed by atoms with Gasteiger partial charge < -0.3 is 34.3 Å². The number of hydrogen-bond donors (Lipinski definition) is 2. The fourth-order valence-electron chi connectivity index (χ4n) is 6.93. The number of pyridine rings is 1. The number of methoxy groups -OCH3 is 2. The summed E-state index contributed by atoms with van der Waals surface area (Å²) < 4.78 is 23.1. The molecule has 0 spiro atoms. The Hall–Kier alpha value is -3.73. The van der Waals surface area contributed by atoms with E-state index in [0.29, 0.717) is 51.3 Å². The van der Waals surface area contributed by atoms with E-state index in [1.165, 1.54) is 0 Å². The number of fused-ring (bicyclic) bond motifs is 2. The van der Waals surface area contributed by atoms with Crippen LogP contribution in [0.4, 0.5) is 4.79 Å². The van der Waals surface area contributed by atoms with Gasteiger partial charge in [0, 0.05) is 29.5 Å². The van der Waals surface area contributed by atoms with Gasteiger partial charge in [0.1, 0.15) is 22.9 Å². The van der Waals surface area contributed by atoms with E-state index in [-0.39, 0.29) is 29.9 Å². The summed E-state index contributed by atoms with van der Waals surface area (Å²) in [7, 11) is 7.18. The second-order valence-electron chi connectivity index (χ2n) is 12.2. The molecule has 0 unspecified atom stereocenters. The van der Waals surface area contributed by atoms with Crippen LogP contribution >= 0.6 is 24.0 Å². The van der Waals surface area contributed by atoms with Gasteiger partial charge in [0.25, 0.3) is 5.91 Å². The van der Waals surface area contributed by atoms with Crippen LogP contribution in [-0.4, -0.2) is 74.2 Å². The molecule has 2 bridgehead atoms. The smallest absolute Gasteiger partial charge is 0.496 e. The maximum Gasteiger partial charge on any atom is 0.507 e. The van der Waals surface area contributed by atoms with Crippen LogP contribution in [0.15, 0.2) is 48.5 Å². The maximum atomic E-state index is 14.0. The van der Waals surface area contributed by atoms with Crippen molar-refractivity contribution < 1.29 is 33.6 Å². The highest BCUT2D eigenvalue weighted by Gasteiger charge is 2.54. The number of aromatic nitrogens is 1. The molecule has 0 radical (unpaired) electrons. The summed E-state index contributed by atoms with van der Waals surface area (Å²) in [6, 6.07) is 14.3. The molecule has 1 amide bonds. The van der Waals surface area contributed by atoms with Crippen LogP contribution in [-0.2, 0) is 4.74 Å². The van der Waals surface area contributed by atoms with Crippen LogP contribution < -0.4 is 19.5 Å². The van der Waals surface area contributed by atoms with Gasteiger partial charge in [-0.1, -0.05) is 36.6 Å². The molecule has 3 aromatic rings. The van der Waals surface area contributed by atoms with Gasteiger partial charge >= 0.3 is 6.16 Å². The molecule has 2 aromatic carbocycles. The van der Waals surface area contributed by atoms with E-state index in [2.05, 4.69) is 10.2 Å². The molecule has 2 N–H and O–H groups in total. The number of halogens is 2. The van der Waals surface area contributed by atoms with Gasteiger partial charge in [-0.05, 0) is 82.6 Å². The molecule has 1 aromatic heterocycles. The molecular formula is C35H43Cl2N3O7. The molecule has 254 valence electrons. The molecule has 12 heteroatoms. The van der Waals surface area contributed by atoms with E-state index in [9.17, 15) is 14.7 Å². The fraction of sp³-hybridized carbons (Fsp3) is 0.457. The van der Waals surface area contributed by atoms with E-state index >= 15 is 0 Å². The average Bonchev–Trinajstić information content (AvgIpc) is 3.02. The lowest BCUT2D eigenvalue weighted by Gasteiger charge is -2.51. The molecule has 2 saturated carbocycles. The Balaban J connectivity index is 0.00000500. The van der Waals surface area contributed by atoms with Crippen LogP contribution in [0.5, 0.6) is 17.2 Å². The van der Waals surface area contributed by atoms with Crippen LogP contribution in [0, 0.1) is 11.8 Å². The maximum absolute atomic E-state index is 14.0. The van der Waals surface area contributed by atoms with Crippen LogP contribution in [0.1, 0.15) is 55.4 Å². The number of amides is 1. The third kappa shape index (κ3) is 7.88. The lowest BCUT2D eigenvalue weighted by Crippen LogP contribution is -2.64. The van der Waals surface area contributed by atoms with E-state index in [1.54, 1.807) is 32.4 Å². The third-order valence-electron chi connectivity index (χ3n) is 9.03. The first-order valence-corrected chi connectivity index (χ1v) is 16.1. The van der Waals surface area contributed by atoms with E-state index < -0.39 is 17.8 Å². The minimum absolute atomic E-state index is 0. The van der Waals surface area contributed by atoms with Gasteiger partial charge in [-0.15, -0.1) is 12.4 Å². The van der Waals surface area contributed by atoms with E-state index in [1.807, 2.05) is 44.4 Å². The van der Waals surface area contributed by atoms with Crippen molar-refractivity contribution >= 4 is 36.1 Å². The molecule has 0 atom stereocenters. The topological polar surface area (TPSA) is 119 Å². The molecule has 10 nitrogen and oxygen atoms in total. The van der Waals surface area contributed by atoms with Gasteiger partial charge in [0.2, 0.25) is 0 Å². The van der Waals surface area contributed by atoms with Crippen molar-refractivity contribution in [2.24, 2.45) is 11.8 Å². The van der Waals surface area contributed by atoms with Gasteiger partial charge in [-0.3, -0.25) is 4.79 Å². The Morgan fingerprint density at radius 2 is 1.62 bits per heavy atom. The number of rotatable bonds is 12. The molecule has 1 heterocycles. The zero-order valence-corrected chi connectivity index (χ0v) is 28.8. The van der Waals surface area contributed by atoms with E-state index in [4.69, 9.17) is 35.5 Å². The highest BCUT2D eigenvalue weighted by molar-refractivity contribution is 6.32. The third-order valence-corrected chi connectivity index (χ3v) is 9.34. The summed E-state index contributed by atoms with van der Waals surface area (Å²) in [6.45, 7) is 1.33. The molecule has 2 aliphatic carbocycles. The predicted molar refractivity (Wildman–Crippen MR) is 183 cm³/mol. The first-order valence-electron chi connectivity index (χ1n) is 15.7. The van der Waals surface area contributed by atoms with Crippen molar-refractivity contribution in [3.05, 3.63) is 59.2 Å². The summed E-state index contributed by atoms with van der Waals surface area (Å²) in [5.41, 5.74) is 1.29. The number of carboxylic acid groups (broad SMARTS) is 1.